The van der Waals surface area contributed by atoms with E-state index in [-0.39, 0.29) is 10.8 Å². The molecular weight excluding hydrogens is 456 g/mol. The summed E-state index contributed by atoms with van der Waals surface area (Å²) in [5.41, 5.74) is 2.37. The number of carbonyl (C=O) groups is 1. The fourth-order valence-corrected chi connectivity index (χ4v) is 5.13. The third-order valence-electron chi connectivity index (χ3n) is 4.55. The van der Waals surface area contributed by atoms with E-state index >= 15 is 0 Å². The van der Waals surface area contributed by atoms with Crippen molar-refractivity contribution in [3.8, 4) is 5.75 Å². The second-order valence-corrected chi connectivity index (χ2v) is 9.59. The molecule has 0 aliphatic rings. The summed E-state index contributed by atoms with van der Waals surface area (Å²) in [6.07, 6.45) is -0.715. The van der Waals surface area contributed by atoms with E-state index in [0.717, 1.165) is 15.6 Å². The van der Waals surface area contributed by atoms with Crippen molar-refractivity contribution in [3.63, 3.8) is 0 Å². The molecule has 0 saturated carbocycles. The molecule has 0 saturated heterocycles. The fourth-order valence-electron chi connectivity index (χ4n) is 2.98. The molecule has 8 heteroatoms. The topological polar surface area (TPSA) is 75.7 Å². The number of sulfonamides is 1. The van der Waals surface area contributed by atoms with Crippen LogP contribution >= 0.6 is 15.9 Å². The van der Waals surface area contributed by atoms with Gasteiger partial charge in [-0.3, -0.25) is 4.79 Å². The molecule has 0 fully saturated rings. The van der Waals surface area contributed by atoms with Gasteiger partial charge in [0.25, 0.3) is 5.91 Å². The van der Waals surface area contributed by atoms with Crippen LogP contribution in [0.3, 0.4) is 0 Å². The zero-order valence-corrected chi connectivity index (χ0v) is 19.7. The van der Waals surface area contributed by atoms with Gasteiger partial charge in [0.1, 0.15) is 5.75 Å². The maximum atomic E-state index is 12.5. The molecule has 2 aromatic rings. The molecule has 0 aliphatic heterocycles. The Hall–Kier alpha value is -1.90. The van der Waals surface area contributed by atoms with Gasteiger partial charge in [0.2, 0.25) is 10.0 Å². The zero-order valence-electron chi connectivity index (χ0n) is 17.3. The molecule has 0 radical (unpaired) electrons. The molecule has 1 unspecified atom stereocenters. The van der Waals surface area contributed by atoms with E-state index in [1.54, 1.807) is 32.9 Å². The first kappa shape index (κ1) is 23.4. The van der Waals surface area contributed by atoms with E-state index in [0.29, 0.717) is 24.5 Å². The van der Waals surface area contributed by atoms with Crippen molar-refractivity contribution >= 4 is 37.5 Å². The molecule has 1 atom stereocenters. The van der Waals surface area contributed by atoms with Gasteiger partial charge in [0, 0.05) is 23.2 Å². The first-order chi connectivity index (χ1) is 13.6. The lowest BCUT2D eigenvalue weighted by Gasteiger charge is -2.19. The highest BCUT2D eigenvalue weighted by molar-refractivity contribution is 9.10. The quantitative estimate of drug-likeness (QED) is 0.600. The van der Waals surface area contributed by atoms with E-state index in [1.165, 1.54) is 16.4 Å². The predicted octanol–water partition coefficient (Wildman–Crippen LogP) is 4.50. The molecule has 0 aromatic heterocycles. The Morgan fingerprint density at radius 2 is 1.62 bits per heavy atom. The third kappa shape index (κ3) is 5.58. The lowest BCUT2D eigenvalue weighted by Crippen LogP contribution is -2.31. The smallest absolute Gasteiger partial charge is 0.265 e. The Morgan fingerprint density at radius 3 is 2.10 bits per heavy atom. The van der Waals surface area contributed by atoms with Crippen molar-refractivity contribution in [2.75, 3.05) is 18.4 Å². The third-order valence-corrected chi connectivity index (χ3v) is 7.08. The maximum absolute atomic E-state index is 12.5. The summed E-state index contributed by atoms with van der Waals surface area (Å²) < 4.78 is 33.3. The van der Waals surface area contributed by atoms with Gasteiger partial charge < -0.3 is 10.1 Å². The molecule has 6 nitrogen and oxygen atoms in total. The van der Waals surface area contributed by atoms with Gasteiger partial charge in [0.05, 0.1) is 4.90 Å². The van der Waals surface area contributed by atoms with Crippen LogP contribution in [0.5, 0.6) is 5.75 Å². The van der Waals surface area contributed by atoms with Crippen LogP contribution in [0.1, 0.15) is 31.9 Å². The van der Waals surface area contributed by atoms with Crippen molar-refractivity contribution in [3.05, 3.63) is 52.0 Å². The number of nitrogens with zero attached hydrogens (tertiary/aromatic N) is 1. The van der Waals surface area contributed by atoms with Crippen LogP contribution in [0.2, 0.25) is 0 Å². The first-order valence-corrected chi connectivity index (χ1v) is 11.7. The number of nitrogens with one attached hydrogen (secondary N) is 1. The zero-order chi connectivity index (χ0) is 21.8. The van der Waals surface area contributed by atoms with Crippen molar-refractivity contribution < 1.29 is 17.9 Å². The monoisotopic (exact) mass is 482 g/mol. The Morgan fingerprint density at radius 1 is 1.10 bits per heavy atom. The van der Waals surface area contributed by atoms with Gasteiger partial charge in [-0.15, -0.1) is 0 Å². The SMILES string of the molecule is CCN(CC)S(=O)(=O)c1ccc(NC(=O)C(C)Oc2c(C)cc(Br)cc2C)cc1. The average Bonchev–Trinajstić information content (AvgIpc) is 2.65. The summed E-state index contributed by atoms with van der Waals surface area (Å²) in [7, 11) is -3.52. The molecule has 0 aliphatic carbocycles. The lowest BCUT2D eigenvalue weighted by atomic mass is 10.1. The number of aryl methyl sites for hydroxylation is 2. The van der Waals surface area contributed by atoms with E-state index in [2.05, 4.69) is 21.2 Å². The van der Waals surface area contributed by atoms with Gasteiger partial charge in [-0.05, 0) is 68.3 Å². The molecule has 29 heavy (non-hydrogen) atoms. The highest BCUT2D eigenvalue weighted by Crippen LogP contribution is 2.28. The number of ether oxygens (including phenoxy) is 1. The molecule has 2 aromatic carbocycles. The second-order valence-electron chi connectivity index (χ2n) is 6.73. The van der Waals surface area contributed by atoms with E-state index in [9.17, 15) is 13.2 Å². The number of halogens is 1. The number of carbonyl (C=O) groups excluding carboxylic acids is 1. The van der Waals surface area contributed by atoms with E-state index in [1.807, 2.05) is 26.0 Å². The molecule has 0 bridgehead atoms. The van der Waals surface area contributed by atoms with Crippen LogP contribution in [0, 0.1) is 13.8 Å². The van der Waals surface area contributed by atoms with Crippen molar-refractivity contribution in [2.45, 2.75) is 45.6 Å². The van der Waals surface area contributed by atoms with Gasteiger partial charge in [0.15, 0.2) is 6.10 Å². The molecule has 1 N–H and O–H groups in total. The minimum atomic E-state index is -3.52. The Balaban J connectivity index is 2.09. The molecule has 2 rings (SSSR count). The Labute approximate surface area is 181 Å². The standard InChI is InChI=1S/C21H27BrN2O4S/c1-6-24(7-2)29(26,27)19-10-8-18(9-11-19)23-21(25)16(5)28-20-14(3)12-17(22)13-15(20)4/h8-13,16H,6-7H2,1-5H3,(H,23,25). The Bertz CT molecular complexity index is 948. The molecule has 1 amide bonds. The van der Waals surface area contributed by atoms with Gasteiger partial charge >= 0.3 is 0 Å². The van der Waals surface area contributed by atoms with Crippen LogP contribution < -0.4 is 10.1 Å². The average molecular weight is 483 g/mol. The summed E-state index contributed by atoms with van der Waals surface area (Å²) in [5, 5.41) is 2.77. The van der Waals surface area contributed by atoms with Crippen LogP contribution in [-0.4, -0.2) is 37.8 Å². The molecule has 0 heterocycles. The summed E-state index contributed by atoms with van der Waals surface area (Å²) in [5.74, 6) is 0.364. The summed E-state index contributed by atoms with van der Waals surface area (Å²) in [4.78, 5) is 12.7. The van der Waals surface area contributed by atoms with Gasteiger partial charge in [-0.25, -0.2) is 8.42 Å². The minimum Gasteiger partial charge on any atom is -0.480 e. The summed E-state index contributed by atoms with van der Waals surface area (Å²) >= 11 is 3.44. The van der Waals surface area contributed by atoms with Crippen molar-refractivity contribution in [1.82, 2.24) is 4.31 Å². The van der Waals surface area contributed by atoms with E-state index < -0.39 is 16.1 Å². The second kappa shape index (κ2) is 9.73. The van der Waals surface area contributed by atoms with Crippen LogP contribution in [-0.2, 0) is 14.8 Å². The summed E-state index contributed by atoms with van der Waals surface area (Å²) in [6, 6.07) is 10.0. The summed E-state index contributed by atoms with van der Waals surface area (Å²) in [6.45, 7) is 9.93. The van der Waals surface area contributed by atoms with Crippen LogP contribution in [0.4, 0.5) is 5.69 Å². The normalized spacial score (nSPS) is 12.7. The van der Waals surface area contributed by atoms with Crippen LogP contribution in [0.25, 0.3) is 0 Å². The Kier molecular flexibility index (Phi) is 7.85. The number of amides is 1. The van der Waals surface area contributed by atoms with Crippen LogP contribution in [0.15, 0.2) is 45.8 Å². The highest BCUT2D eigenvalue weighted by atomic mass is 79.9. The number of rotatable bonds is 8. The lowest BCUT2D eigenvalue weighted by molar-refractivity contribution is -0.122. The minimum absolute atomic E-state index is 0.199. The number of benzene rings is 2. The van der Waals surface area contributed by atoms with Gasteiger partial charge in [-0.2, -0.15) is 4.31 Å². The maximum Gasteiger partial charge on any atom is 0.265 e. The largest absolute Gasteiger partial charge is 0.480 e. The number of hydrogen-bond acceptors (Lipinski definition) is 4. The van der Waals surface area contributed by atoms with E-state index in [4.69, 9.17) is 4.74 Å². The molecule has 158 valence electrons. The molecule has 0 spiro atoms. The van der Waals surface area contributed by atoms with Crippen molar-refractivity contribution in [2.24, 2.45) is 0 Å². The molecular formula is C21H27BrN2O4S. The first-order valence-electron chi connectivity index (χ1n) is 9.44. The number of hydrogen-bond donors (Lipinski definition) is 1. The highest BCUT2D eigenvalue weighted by Gasteiger charge is 2.22. The number of anilines is 1. The van der Waals surface area contributed by atoms with Crippen molar-refractivity contribution in [1.29, 1.82) is 0 Å². The van der Waals surface area contributed by atoms with Gasteiger partial charge in [-0.1, -0.05) is 29.8 Å². The fraction of sp³-hybridized carbons (Fsp3) is 0.381. The predicted molar refractivity (Wildman–Crippen MR) is 119 cm³/mol.